The molecule has 2 aromatic rings. The van der Waals surface area contributed by atoms with E-state index < -0.39 is 0 Å². The average molecular weight is 367 g/mol. The minimum Gasteiger partial charge on any atom is -0.354 e. The van der Waals surface area contributed by atoms with Crippen molar-refractivity contribution in [1.82, 2.24) is 20.2 Å². The summed E-state index contributed by atoms with van der Waals surface area (Å²) in [5, 5.41) is 2.90. The molecule has 1 fully saturated rings. The zero-order chi connectivity index (χ0) is 19.2. The Morgan fingerprint density at radius 1 is 1.07 bits per heavy atom. The molecule has 2 heterocycles. The normalized spacial score (nSPS) is 14.8. The summed E-state index contributed by atoms with van der Waals surface area (Å²) in [7, 11) is 0. The first-order valence-corrected chi connectivity index (χ1v) is 9.74. The molecule has 2 amide bonds. The summed E-state index contributed by atoms with van der Waals surface area (Å²) >= 11 is 0. The van der Waals surface area contributed by atoms with Crippen LogP contribution in [0.25, 0.3) is 0 Å². The van der Waals surface area contributed by atoms with Gasteiger partial charge in [0.05, 0.1) is 0 Å². The number of nitrogens with zero attached hydrogens (tertiary/aromatic N) is 4. The lowest BCUT2D eigenvalue weighted by molar-refractivity contribution is 0.202. The second-order valence-corrected chi connectivity index (χ2v) is 6.98. The van der Waals surface area contributed by atoms with Crippen LogP contribution in [0.2, 0.25) is 0 Å². The van der Waals surface area contributed by atoms with Gasteiger partial charge in [-0.1, -0.05) is 30.3 Å². The summed E-state index contributed by atoms with van der Waals surface area (Å²) in [6, 6.07) is 10.5. The van der Waals surface area contributed by atoms with Gasteiger partial charge in [-0.25, -0.2) is 14.8 Å². The summed E-state index contributed by atoms with van der Waals surface area (Å²) in [6.45, 7) is 9.78. The minimum absolute atomic E-state index is 0.0268. The molecule has 1 aromatic heterocycles. The SMILES string of the molecule is CCNC(=O)N1CCCN(c2nc(C)nc(C)c2Cc2ccccc2)CC1. The number of benzene rings is 1. The molecule has 144 valence electrons. The van der Waals surface area contributed by atoms with Gasteiger partial charge in [0.25, 0.3) is 0 Å². The van der Waals surface area contributed by atoms with E-state index in [9.17, 15) is 4.79 Å². The molecule has 0 radical (unpaired) electrons. The van der Waals surface area contributed by atoms with Gasteiger partial charge in [0, 0.05) is 50.4 Å². The fraction of sp³-hybridized carbons (Fsp3) is 0.476. The highest BCUT2D eigenvalue weighted by Crippen LogP contribution is 2.25. The Morgan fingerprint density at radius 2 is 1.85 bits per heavy atom. The maximum Gasteiger partial charge on any atom is 0.317 e. The lowest BCUT2D eigenvalue weighted by atomic mass is 10.0. The van der Waals surface area contributed by atoms with Crippen LogP contribution in [-0.4, -0.2) is 53.6 Å². The Hall–Kier alpha value is -2.63. The number of aromatic nitrogens is 2. The highest BCUT2D eigenvalue weighted by Gasteiger charge is 2.22. The van der Waals surface area contributed by atoms with Crippen molar-refractivity contribution in [3.8, 4) is 0 Å². The molecule has 0 bridgehead atoms. The Balaban J connectivity index is 1.84. The van der Waals surface area contributed by atoms with Crippen LogP contribution in [0.5, 0.6) is 0 Å². The number of amides is 2. The third-order valence-corrected chi connectivity index (χ3v) is 4.94. The molecule has 1 saturated heterocycles. The number of hydrogen-bond acceptors (Lipinski definition) is 4. The molecule has 0 unspecified atom stereocenters. The van der Waals surface area contributed by atoms with Gasteiger partial charge in [-0.15, -0.1) is 0 Å². The van der Waals surface area contributed by atoms with Crippen molar-refractivity contribution in [2.45, 2.75) is 33.6 Å². The van der Waals surface area contributed by atoms with Crippen LogP contribution in [0.4, 0.5) is 10.6 Å². The number of nitrogens with one attached hydrogen (secondary N) is 1. The van der Waals surface area contributed by atoms with Crippen molar-refractivity contribution in [2.24, 2.45) is 0 Å². The minimum atomic E-state index is 0.0268. The van der Waals surface area contributed by atoms with Crippen LogP contribution in [0.1, 0.15) is 36.0 Å². The maximum atomic E-state index is 12.2. The fourth-order valence-corrected chi connectivity index (χ4v) is 3.58. The van der Waals surface area contributed by atoms with Crippen molar-refractivity contribution in [3.63, 3.8) is 0 Å². The first-order valence-electron chi connectivity index (χ1n) is 9.74. The zero-order valence-electron chi connectivity index (χ0n) is 16.5. The number of rotatable bonds is 4. The van der Waals surface area contributed by atoms with Crippen molar-refractivity contribution in [3.05, 3.63) is 53.0 Å². The van der Waals surface area contributed by atoms with Crippen molar-refractivity contribution >= 4 is 11.8 Å². The third-order valence-electron chi connectivity index (χ3n) is 4.94. The Labute approximate surface area is 161 Å². The van der Waals surface area contributed by atoms with Crippen molar-refractivity contribution in [1.29, 1.82) is 0 Å². The highest BCUT2D eigenvalue weighted by atomic mass is 16.2. The maximum absolute atomic E-state index is 12.2. The van der Waals surface area contributed by atoms with E-state index in [0.29, 0.717) is 13.1 Å². The smallest absolute Gasteiger partial charge is 0.317 e. The van der Waals surface area contributed by atoms with E-state index in [-0.39, 0.29) is 6.03 Å². The predicted molar refractivity (Wildman–Crippen MR) is 108 cm³/mol. The number of carbonyl (C=O) groups excluding carboxylic acids is 1. The van der Waals surface area contributed by atoms with Crippen LogP contribution in [-0.2, 0) is 6.42 Å². The number of anilines is 1. The molecule has 6 nitrogen and oxygen atoms in total. The molecule has 1 aromatic carbocycles. The number of hydrogen-bond donors (Lipinski definition) is 1. The van der Waals surface area contributed by atoms with Crippen molar-refractivity contribution in [2.75, 3.05) is 37.6 Å². The largest absolute Gasteiger partial charge is 0.354 e. The van der Waals surface area contributed by atoms with Gasteiger partial charge in [-0.2, -0.15) is 0 Å². The number of aryl methyl sites for hydroxylation is 2. The van der Waals surface area contributed by atoms with E-state index in [0.717, 1.165) is 49.8 Å². The van der Waals surface area contributed by atoms with Gasteiger partial charge in [0.2, 0.25) is 0 Å². The van der Waals surface area contributed by atoms with Gasteiger partial charge in [-0.05, 0) is 32.8 Å². The molecule has 0 spiro atoms. The van der Waals surface area contributed by atoms with Gasteiger partial charge in [0.15, 0.2) is 0 Å². The molecule has 0 saturated carbocycles. The lowest BCUT2D eigenvalue weighted by Crippen LogP contribution is -2.42. The number of urea groups is 1. The van der Waals surface area contributed by atoms with E-state index in [2.05, 4.69) is 46.4 Å². The van der Waals surface area contributed by atoms with Crippen LogP contribution in [0.3, 0.4) is 0 Å². The molecule has 27 heavy (non-hydrogen) atoms. The van der Waals surface area contributed by atoms with Crippen molar-refractivity contribution < 1.29 is 4.79 Å². The van der Waals surface area contributed by atoms with E-state index in [1.54, 1.807) is 0 Å². The molecule has 0 atom stereocenters. The van der Waals surface area contributed by atoms with Gasteiger partial charge >= 0.3 is 6.03 Å². The van der Waals surface area contributed by atoms with Crippen LogP contribution in [0.15, 0.2) is 30.3 Å². The molecular formula is C21H29N5O. The summed E-state index contributed by atoms with van der Waals surface area (Å²) in [6.07, 6.45) is 1.75. The summed E-state index contributed by atoms with van der Waals surface area (Å²) in [5.74, 6) is 1.81. The predicted octanol–water partition coefficient (Wildman–Crippen LogP) is 2.93. The van der Waals surface area contributed by atoms with Crippen LogP contribution in [0, 0.1) is 13.8 Å². The lowest BCUT2D eigenvalue weighted by Gasteiger charge is -2.26. The standard InChI is InChI=1S/C21H29N5O/c1-4-22-21(27)26-12-8-11-25(13-14-26)20-19(16(2)23-17(3)24-20)15-18-9-6-5-7-10-18/h5-7,9-10H,4,8,11-15H2,1-3H3,(H,22,27). The second-order valence-electron chi connectivity index (χ2n) is 6.98. The Bertz CT molecular complexity index is 778. The van der Waals surface area contributed by atoms with Crippen LogP contribution >= 0.6 is 0 Å². The van der Waals surface area contributed by atoms with Crippen LogP contribution < -0.4 is 10.2 Å². The molecule has 1 aliphatic heterocycles. The Morgan fingerprint density at radius 3 is 2.59 bits per heavy atom. The van der Waals surface area contributed by atoms with E-state index >= 15 is 0 Å². The molecular weight excluding hydrogens is 338 g/mol. The molecule has 6 heteroatoms. The molecule has 1 aliphatic rings. The Kier molecular flexibility index (Phi) is 6.27. The summed E-state index contributed by atoms with van der Waals surface area (Å²) in [5.41, 5.74) is 3.47. The van der Waals surface area contributed by atoms with E-state index in [4.69, 9.17) is 4.98 Å². The second kappa shape index (κ2) is 8.84. The summed E-state index contributed by atoms with van der Waals surface area (Å²) in [4.78, 5) is 25.8. The van der Waals surface area contributed by atoms with Gasteiger partial charge in [-0.3, -0.25) is 0 Å². The topological polar surface area (TPSA) is 61.4 Å². The van der Waals surface area contributed by atoms with Gasteiger partial charge in [0.1, 0.15) is 11.6 Å². The first kappa shape index (κ1) is 19.1. The van der Waals surface area contributed by atoms with Gasteiger partial charge < -0.3 is 15.1 Å². The summed E-state index contributed by atoms with van der Waals surface area (Å²) < 4.78 is 0. The first-order chi connectivity index (χ1) is 13.1. The molecule has 0 aliphatic carbocycles. The monoisotopic (exact) mass is 367 g/mol. The highest BCUT2D eigenvalue weighted by molar-refractivity contribution is 5.74. The van der Waals surface area contributed by atoms with E-state index in [1.165, 1.54) is 11.1 Å². The van der Waals surface area contributed by atoms with E-state index in [1.807, 2.05) is 24.8 Å². The zero-order valence-corrected chi connectivity index (χ0v) is 16.5. The molecule has 3 rings (SSSR count). The quantitative estimate of drug-likeness (QED) is 0.903. The fourth-order valence-electron chi connectivity index (χ4n) is 3.58. The molecule has 1 N–H and O–H groups in total. The average Bonchev–Trinajstić information content (AvgIpc) is 2.91. The number of carbonyl (C=O) groups is 1. The third kappa shape index (κ3) is 4.76.